The highest BCUT2D eigenvalue weighted by Gasteiger charge is 2.18. The summed E-state index contributed by atoms with van der Waals surface area (Å²) in [5.74, 6) is 1.12. The van der Waals surface area contributed by atoms with Gasteiger partial charge in [0.15, 0.2) is 5.69 Å². The van der Waals surface area contributed by atoms with Crippen molar-refractivity contribution in [2.75, 3.05) is 7.11 Å². The van der Waals surface area contributed by atoms with E-state index in [1.165, 1.54) is 6.26 Å². The molecule has 29 heavy (non-hydrogen) atoms. The number of methoxy groups -OCH3 is 1. The molecule has 1 aromatic heterocycles. The summed E-state index contributed by atoms with van der Waals surface area (Å²) in [5.41, 5.74) is 2.42. The van der Waals surface area contributed by atoms with Crippen molar-refractivity contribution in [3.8, 4) is 5.75 Å². The second-order valence-corrected chi connectivity index (χ2v) is 7.11. The SMILES string of the molecule is COc1ccccc1CN(Cc1nc(C(=O)NCc2ccccc2)co1)C(C)C. The molecule has 3 aromatic rings. The number of hydrogen-bond donors (Lipinski definition) is 1. The van der Waals surface area contributed by atoms with Crippen molar-refractivity contribution in [3.05, 3.63) is 83.6 Å². The number of nitrogens with one attached hydrogen (secondary N) is 1. The van der Waals surface area contributed by atoms with Gasteiger partial charge in [-0.15, -0.1) is 0 Å². The van der Waals surface area contributed by atoms with Crippen molar-refractivity contribution < 1.29 is 13.9 Å². The number of rotatable bonds is 9. The van der Waals surface area contributed by atoms with Crippen LogP contribution in [0.15, 0.2) is 65.3 Å². The van der Waals surface area contributed by atoms with Crippen LogP contribution in [0.4, 0.5) is 0 Å². The van der Waals surface area contributed by atoms with Crippen LogP contribution in [-0.2, 0) is 19.6 Å². The molecule has 3 rings (SSSR count). The summed E-state index contributed by atoms with van der Waals surface area (Å²) < 4.78 is 11.0. The number of carbonyl (C=O) groups excluding carboxylic acids is 1. The summed E-state index contributed by atoms with van der Waals surface area (Å²) in [5, 5.41) is 2.87. The molecular weight excluding hydrogens is 366 g/mol. The Hall–Kier alpha value is -3.12. The topological polar surface area (TPSA) is 67.6 Å². The van der Waals surface area contributed by atoms with Gasteiger partial charge in [0.05, 0.1) is 13.7 Å². The minimum absolute atomic E-state index is 0.246. The summed E-state index contributed by atoms with van der Waals surface area (Å²) in [6.45, 7) is 5.88. The summed E-state index contributed by atoms with van der Waals surface area (Å²) >= 11 is 0. The largest absolute Gasteiger partial charge is 0.496 e. The standard InChI is InChI=1S/C23H27N3O3/c1-17(2)26(14-19-11-7-8-12-21(19)28-3)15-22-25-20(16-29-22)23(27)24-13-18-9-5-4-6-10-18/h4-12,16-17H,13-15H2,1-3H3,(H,24,27). The van der Waals surface area contributed by atoms with Gasteiger partial charge in [-0.3, -0.25) is 9.69 Å². The molecular formula is C23H27N3O3. The molecule has 0 saturated heterocycles. The van der Waals surface area contributed by atoms with Crippen LogP contribution >= 0.6 is 0 Å². The molecule has 0 spiro atoms. The van der Waals surface area contributed by atoms with Crippen LogP contribution in [-0.4, -0.2) is 28.9 Å². The summed E-state index contributed by atoms with van der Waals surface area (Å²) in [6.07, 6.45) is 1.41. The van der Waals surface area contributed by atoms with Gasteiger partial charge in [0, 0.05) is 24.7 Å². The van der Waals surface area contributed by atoms with Crippen molar-refractivity contribution in [1.82, 2.24) is 15.2 Å². The molecule has 0 fully saturated rings. The average Bonchev–Trinajstić information content (AvgIpc) is 3.21. The Kier molecular flexibility index (Phi) is 7.03. The number of hydrogen-bond acceptors (Lipinski definition) is 5. The number of oxazole rings is 1. The zero-order valence-corrected chi connectivity index (χ0v) is 17.1. The van der Waals surface area contributed by atoms with Crippen LogP contribution in [0.25, 0.3) is 0 Å². The molecule has 1 heterocycles. The zero-order valence-electron chi connectivity index (χ0n) is 17.1. The van der Waals surface area contributed by atoms with Crippen LogP contribution in [0.2, 0.25) is 0 Å². The van der Waals surface area contributed by atoms with Gasteiger partial charge in [-0.1, -0.05) is 48.5 Å². The second kappa shape index (κ2) is 9.89. The highest BCUT2D eigenvalue weighted by atomic mass is 16.5. The predicted octanol–water partition coefficient (Wildman–Crippen LogP) is 4.02. The molecule has 0 atom stereocenters. The molecule has 0 aliphatic heterocycles. The molecule has 6 heteroatoms. The van der Waals surface area contributed by atoms with E-state index in [0.717, 1.165) is 16.9 Å². The van der Waals surface area contributed by atoms with Crippen molar-refractivity contribution in [1.29, 1.82) is 0 Å². The van der Waals surface area contributed by atoms with Gasteiger partial charge in [0.1, 0.15) is 12.0 Å². The maximum atomic E-state index is 12.4. The van der Waals surface area contributed by atoms with Crippen LogP contribution in [0.3, 0.4) is 0 Å². The highest BCUT2D eigenvalue weighted by Crippen LogP contribution is 2.21. The van der Waals surface area contributed by atoms with Gasteiger partial charge in [-0.05, 0) is 25.5 Å². The quantitative estimate of drug-likeness (QED) is 0.595. The number of benzene rings is 2. The van der Waals surface area contributed by atoms with E-state index >= 15 is 0 Å². The first-order valence-corrected chi connectivity index (χ1v) is 9.69. The van der Waals surface area contributed by atoms with E-state index in [4.69, 9.17) is 9.15 Å². The Morgan fingerprint density at radius 3 is 2.55 bits per heavy atom. The normalized spacial score (nSPS) is 11.1. The van der Waals surface area contributed by atoms with Crippen LogP contribution in [0.1, 0.15) is 41.4 Å². The fourth-order valence-corrected chi connectivity index (χ4v) is 3.00. The number of para-hydroxylation sites is 1. The fraction of sp³-hybridized carbons (Fsp3) is 0.304. The van der Waals surface area contributed by atoms with Gasteiger partial charge < -0.3 is 14.5 Å². The van der Waals surface area contributed by atoms with E-state index in [0.29, 0.717) is 25.5 Å². The summed E-state index contributed by atoms with van der Waals surface area (Å²) in [7, 11) is 1.67. The predicted molar refractivity (Wildman–Crippen MR) is 111 cm³/mol. The van der Waals surface area contributed by atoms with E-state index in [2.05, 4.69) is 29.0 Å². The van der Waals surface area contributed by atoms with E-state index in [1.54, 1.807) is 7.11 Å². The van der Waals surface area contributed by atoms with Gasteiger partial charge in [0.2, 0.25) is 5.89 Å². The third-order valence-corrected chi connectivity index (χ3v) is 4.71. The van der Waals surface area contributed by atoms with E-state index in [1.807, 2.05) is 54.6 Å². The molecule has 0 bridgehead atoms. The Labute approximate surface area is 171 Å². The van der Waals surface area contributed by atoms with Gasteiger partial charge in [-0.25, -0.2) is 4.98 Å². The minimum Gasteiger partial charge on any atom is -0.496 e. The first-order valence-electron chi connectivity index (χ1n) is 9.69. The third-order valence-electron chi connectivity index (χ3n) is 4.71. The second-order valence-electron chi connectivity index (χ2n) is 7.11. The summed E-state index contributed by atoms with van der Waals surface area (Å²) in [6, 6.07) is 18.0. The lowest BCUT2D eigenvalue weighted by molar-refractivity contribution is 0.0945. The van der Waals surface area contributed by atoms with E-state index < -0.39 is 0 Å². The Morgan fingerprint density at radius 1 is 1.10 bits per heavy atom. The molecule has 152 valence electrons. The van der Waals surface area contributed by atoms with Crippen LogP contribution in [0.5, 0.6) is 5.75 Å². The number of nitrogens with zero attached hydrogens (tertiary/aromatic N) is 2. The molecule has 6 nitrogen and oxygen atoms in total. The van der Waals surface area contributed by atoms with E-state index in [9.17, 15) is 4.79 Å². The first-order chi connectivity index (χ1) is 14.1. The lowest BCUT2D eigenvalue weighted by atomic mass is 10.1. The molecule has 0 radical (unpaired) electrons. The highest BCUT2D eigenvalue weighted by molar-refractivity contribution is 5.91. The number of aromatic nitrogens is 1. The van der Waals surface area contributed by atoms with Crippen LogP contribution in [0, 0.1) is 0 Å². The molecule has 0 saturated carbocycles. The number of ether oxygens (including phenoxy) is 1. The third kappa shape index (κ3) is 5.68. The monoisotopic (exact) mass is 393 g/mol. The Bertz CT molecular complexity index is 922. The fourth-order valence-electron chi connectivity index (χ4n) is 3.00. The zero-order chi connectivity index (χ0) is 20.6. The maximum Gasteiger partial charge on any atom is 0.273 e. The minimum atomic E-state index is -0.246. The van der Waals surface area contributed by atoms with E-state index in [-0.39, 0.29) is 17.6 Å². The lowest BCUT2D eigenvalue weighted by Crippen LogP contribution is -2.30. The van der Waals surface area contributed by atoms with Crippen molar-refractivity contribution >= 4 is 5.91 Å². The molecule has 0 aliphatic rings. The average molecular weight is 393 g/mol. The number of carbonyl (C=O) groups is 1. The van der Waals surface area contributed by atoms with Crippen molar-refractivity contribution in [3.63, 3.8) is 0 Å². The van der Waals surface area contributed by atoms with Crippen LogP contribution < -0.4 is 10.1 Å². The summed E-state index contributed by atoms with van der Waals surface area (Å²) in [4.78, 5) is 19.0. The maximum absolute atomic E-state index is 12.4. The first kappa shape index (κ1) is 20.6. The molecule has 2 aromatic carbocycles. The van der Waals surface area contributed by atoms with Gasteiger partial charge in [-0.2, -0.15) is 0 Å². The number of amides is 1. The van der Waals surface area contributed by atoms with Gasteiger partial charge >= 0.3 is 0 Å². The molecule has 1 amide bonds. The Morgan fingerprint density at radius 2 is 1.83 bits per heavy atom. The molecule has 0 unspecified atom stereocenters. The van der Waals surface area contributed by atoms with Gasteiger partial charge in [0.25, 0.3) is 5.91 Å². The molecule has 0 aliphatic carbocycles. The lowest BCUT2D eigenvalue weighted by Gasteiger charge is -2.25. The Balaban J connectivity index is 1.62. The smallest absolute Gasteiger partial charge is 0.273 e. The van der Waals surface area contributed by atoms with Crippen molar-refractivity contribution in [2.45, 2.75) is 39.5 Å². The molecule has 1 N–H and O–H groups in total. The van der Waals surface area contributed by atoms with Crippen molar-refractivity contribution in [2.24, 2.45) is 0 Å².